The van der Waals surface area contributed by atoms with Gasteiger partial charge in [0.15, 0.2) is 0 Å². The van der Waals surface area contributed by atoms with Gasteiger partial charge in [0.05, 0.1) is 12.2 Å². The molecule has 1 aromatic heterocycles. The van der Waals surface area contributed by atoms with Crippen molar-refractivity contribution in [3.8, 4) is 0 Å². The van der Waals surface area contributed by atoms with E-state index < -0.39 is 0 Å². The maximum atomic E-state index is 12.7. The molecule has 0 radical (unpaired) electrons. The minimum Gasteiger partial charge on any atom is -0.341 e. The third kappa shape index (κ3) is 5.73. The van der Waals surface area contributed by atoms with Crippen LogP contribution in [0.2, 0.25) is 0 Å². The number of ketones is 1. The Labute approximate surface area is 161 Å². The van der Waals surface area contributed by atoms with E-state index in [9.17, 15) is 9.59 Å². The number of aromatic nitrogens is 1. The smallest absolute Gasteiger partial charge is 0.236 e. The standard InChI is InChI=1S/C22H27N3O2/c1-24(16-20-11-5-6-12-23-20)17-22(27)25-13-7-10-19(15-25)21(26)14-18-8-3-2-4-9-18/h2-6,8-9,11-12,19H,7,10,13-17H2,1H3/t19-/m0/s1. The van der Waals surface area contributed by atoms with Crippen LogP contribution in [0, 0.1) is 5.92 Å². The molecule has 1 aliphatic rings. The van der Waals surface area contributed by atoms with Crippen LogP contribution in [-0.4, -0.2) is 53.2 Å². The zero-order chi connectivity index (χ0) is 19.1. The number of piperidine rings is 1. The van der Waals surface area contributed by atoms with Crippen molar-refractivity contribution in [3.05, 3.63) is 66.0 Å². The van der Waals surface area contributed by atoms with Gasteiger partial charge in [-0.25, -0.2) is 0 Å². The molecular weight excluding hydrogens is 338 g/mol. The van der Waals surface area contributed by atoms with Gasteiger partial charge in [0.2, 0.25) is 5.91 Å². The first kappa shape index (κ1) is 19.2. The van der Waals surface area contributed by atoms with Crippen LogP contribution in [0.1, 0.15) is 24.1 Å². The van der Waals surface area contributed by atoms with Crippen LogP contribution in [-0.2, 0) is 22.6 Å². The van der Waals surface area contributed by atoms with Gasteiger partial charge in [0, 0.05) is 38.2 Å². The summed E-state index contributed by atoms with van der Waals surface area (Å²) in [5.74, 6) is 0.273. The van der Waals surface area contributed by atoms with E-state index in [1.807, 2.05) is 65.4 Å². The lowest BCUT2D eigenvalue weighted by atomic mass is 9.90. The number of benzene rings is 1. The van der Waals surface area contributed by atoms with Gasteiger partial charge in [0.1, 0.15) is 5.78 Å². The first-order valence-electron chi connectivity index (χ1n) is 9.54. The lowest BCUT2D eigenvalue weighted by Crippen LogP contribution is -2.46. The van der Waals surface area contributed by atoms with Gasteiger partial charge in [-0.05, 0) is 37.6 Å². The fourth-order valence-electron chi connectivity index (χ4n) is 3.56. The molecule has 1 atom stereocenters. The number of likely N-dealkylation sites (N-methyl/N-ethyl adjacent to an activating group) is 1. The summed E-state index contributed by atoms with van der Waals surface area (Å²) in [6.07, 6.45) is 3.98. The Morgan fingerprint density at radius 2 is 1.93 bits per heavy atom. The van der Waals surface area contributed by atoms with E-state index in [2.05, 4.69) is 4.98 Å². The summed E-state index contributed by atoms with van der Waals surface area (Å²) in [4.78, 5) is 33.4. The number of hydrogen-bond acceptors (Lipinski definition) is 4. The van der Waals surface area contributed by atoms with Crippen molar-refractivity contribution in [2.75, 3.05) is 26.7 Å². The second kappa shape index (κ2) is 9.42. The highest BCUT2D eigenvalue weighted by molar-refractivity contribution is 5.85. The summed E-state index contributed by atoms with van der Waals surface area (Å²) in [5.41, 5.74) is 1.99. The Kier molecular flexibility index (Phi) is 6.71. The van der Waals surface area contributed by atoms with E-state index in [1.165, 1.54) is 0 Å². The maximum absolute atomic E-state index is 12.7. The van der Waals surface area contributed by atoms with Crippen molar-refractivity contribution >= 4 is 11.7 Å². The van der Waals surface area contributed by atoms with Crippen molar-refractivity contribution in [2.24, 2.45) is 5.92 Å². The summed E-state index contributed by atoms with van der Waals surface area (Å²) in [6.45, 7) is 2.26. The van der Waals surface area contributed by atoms with Gasteiger partial charge in [-0.3, -0.25) is 19.5 Å². The molecule has 0 bridgehead atoms. The molecule has 0 aliphatic carbocycles. The number of likely N-dealkylation sites (tertiary alicyclic amines) is 1. The number of carbonyl (C=O) groups is 2. The van der Waals surface area contributed by atoms with E-state index in [1.54, 1.807) is 6.20 Å². The topological polar surface area (TPSA) is 53.5 Å². The number of carbonyl (C=O) groups excluding carboxylic acids is 2. The fraction of sp³-hybridized carbons (Fsp3) is 0.409. The molecule has 0 saturated carbocycles. The van der Waals surface area contributed by atoms with Crippen molar-refractivity contribution in [1.29, 1.82) is 0 Å². The Morgan fingerprint density at radius 3 is 2.67 bits per heavy atom. The zero-order valence-corrected chi connectivity index (χ0v) is 15.9. The lowest BCUT2D eigenvalue weighted by molar-refractivity contribution is -0.135. The van der Waals surface area contributed by atoms with Crippen LogP contribution < -0.4 is 0 Å². The minimum atomic E-state index is -0.0518. The molecule has 1 saturated heterocycles. The van der Waals surface area contributed by atoms with E-state index in [-0.39, 0.29) is 17.6 Å². The summed E-state index contributed by atoms with van der Waals surface area (Å²) >= 11 is 0. The van der Waals surface area contributed by atoms with Crippen LogP contribution in [0.4, 0.5) is 0 Å². The molecule has 1 fully saturated rings. The Bertz CT molecular complexity index is 749. The van der Waals surface area contributed by atoms with Gasteiger partial charge < -0.3 is 4.90 Å². The molecule has 27 heavy (non-hydrogen) atoms. The number of amides is 1. The fourth-order valence-corrected chi connectivity index (χ4v) is 3.56. The average Bonchev–Trinajstić information content (AvgIpc) is 2.69. The number of pyridine rings is 1. The Morgan fingerprint density at radius 1 is 1.15 bits per heavy atom. The molecule has 1 amide bonds. The van der Waals surface area contributed by atoms with Crippen molar-refractivity contribution in [2.45, 2.75) is 25.8 Å². The summed E-state index contributed by atoms with van der Waals surface area (Å²) < 4.78 is 0. The SMILES string of the molecule is CN(CC(=O)N1CCC[C@H](C(=O)Cc2ccccc2)C1)Cc1ccccn1. The van der Waals surface area contributed by atoms with Crippen molar-refractivity contribution in [1.82, 2.24) is 14.8 Å². The normalized spacial score (nSPS) is 17.1. The molecule has 142 valence electrons. The molecule has 2 heterocycles. The Balaban J connectivity index is 1.50. The van der Waals surface area contributed by atoms with Crippen molar-refractivity contribution in [3.63, 3.8) is 0 Å². The van der Waals surface area contributed by atoms with Crippen molar-refractivity contribution < 1.29 is 9.59 Å². The third-order valence-corrected chi connectivity index (χ3v) is 5.01. The second-order valence-electron chi connectivity index (χ2n) is 7.30. The second-order valence-corrected chi connectivity index (χ2v) is 7.30. The number of nitrogens with zero attached hydrogens (tertiary/aromatic N) is 3. The molecule has 5 nitrogen and oxygen atoms in total. The predicted octanol–water partition coefficient (Wildman–Crippen LogP) is 2.56. The molecule has 5 heteroatoms. The van der Waals surface area contributed by atoms with E-state index >= 15 is 0 Å². The molecule has 1 aliphatic heterocycles. The quantitative estimate of drug-likeness (QED) is 0.757. The van der Waals surface area contributed by atoms with Crippen LogP contribution in [0.3, 0.4) is 0 Å². The van der Waals surface area contributed by atoms with Crippen LogP contribution in [0.15, 0.2) is 54.7 Å². The predicted molar refractivity (Wildman–Crippen MR) is 105 cm³/mol. The molecular formula is C22H27N3O2. The van der Waals surface area contributed by atoms with Gasteiger partial charge in [0.25, 0.3) is 0 Å². The summed E-state index contributed by atoms with van der Waals surface area (Å²) in [6, 6.07) is 15.6. The Hall–Kier alpha value is -2.53. The third-order valence-electron chi connectivity index (χ3n) is 5.01. The van der Waals surface area contributed by atoms with Gasteiger partial charge in [-0.1, -0.05) is 36.4 Å². The first-order valence-corrected chi connectivity index (χ1v) is 9.54. The van der Waals surface area contributed by atoms with Crippen LogP contribution in [0.25, 0.3) is 0 Å². The molecule has 1 aromatic carbocycles. The minimum absolute atomic E-state index is 0.0518. The van der Waals surface area contributed by atoms with Gasteiger partial charge in [-0.15, -0.1) is 0 Å². The molecule has 0 spiro atoms. The number of rotatable bonds is 7. The highest BCUT2D eigenvalue weighted by atomic mass is 16.2. The van der Waals surface area contributed by atoms with Gasteiger partial charge >= 0.3 is 0 Å². The van der Waals surface area contributed by atoms with Crippen LogP contribution >= 0.6 is 0 Å². The zero-order valence-electron chi connectivity index (χ0n) is 15.9. The molecule has 2 aromatic rings. The van der Waals surface area contributed by atoms with Crippen LogP contribution in [0.5, 0.6) is 0 Å². The van der Waals surface area contributed by atoms with Gasteiger partial charge in [-0.2, -0.15) is 0 Å². The summed E-state index contributed by atoms with van der Waals surface area (Å²) in [5, 5.41) is 0. The summed E-state index contributed by atoms with van der Waals surface area (Å²) in [7, 11) is 1.93. The van der Waals surface area contributed by atoms with E-state index in [0.29, 0.717) is 26.1 Å². The molecule has 3 rings (SSSR count). The molecule has 0 N–H and O–H groups in total. The first-order chi connectivity index (χ1) is 13.1. The number of Topliss-reactive ketones (excluding diaryl/α,β-unsaturated/α-hetero) is 1. The maximum Gasteiger partial charge on any atom is 0.236 e. The highest BCUT2D eigenvalue weighted by Crippen LogP contribution is 2.19. The molecule has 0 unspecified atom stereocenters. The highest BCUT2D eigenvalue weighted by Gasteiger charge is 2.28. The van der Waals surface area contributed by atoms with E-state index in [0.717, 1.165) is 30.6 Å². The number of hydrogen-bond donors (Lipinski definition) is 0. The largest absolute Gasteiger partial charge is 0.341 e. The average molecular weight is 365 g/mol. The van der Waals surface area contributed by atoms with E-state index in [4.69, 9.17) is 0 Å². The lowest BCUT2D eigenvalue weighted by Gasteiger charge is -2.33. The monoisotopic (exact) mass is 365 g/mol.